The van der Waals surface area contributed by atoms with E-state index >= 15 is 0 Å². The molecule has 16 heteroatoms. The zero-order valence-electron chi connectivity index (χ0n) is 15.2. The molecule has 0 atom stereocenters. The molecule has 0 spiro atoms. The van der Waals surface area contributed by atoms with Gasteiger partial charge in [-0.2, -0.15) is 26.3 Å². The summed E-state index contributed by atoms with van der Waals surface area (Å²) in [6.45, 7) is 0. The smallest absolute Gasteiger partial charge is 0.256 e. The fourth-order valence-corrected chi connectivity index (χ4v) is 2.42. The van der Waals surface area contributed by atoms with Gasteiger partial charge in [-0.25, -0.2) is 30.7 Å². The standard InChI is InChI=1S/C18HF13O3/c19-1-3(21)7(25)15(8(26)4(1)22)33-17-11(29)14(32)12(30)18(13(17)31)34-16-9(27)5(23)2(20)6(24)10(16)28/h13H. The Morgan fingerprint density at radius 3 is 0.941 bits per heavy atom. The third kappa shape index (κ3) is 3.62. The molecule has 1 aliphatic rings. The molecule has 0 saturated heterocycles. The van der Waals surface area contributed by atoms with Gasteiger partial charge in [-0.1, -0.05) is 0 Å². The quantitative estimate of drug-likeness (QED) is 0.295. The first kappa shape index (κ1) is 24.9. The molecule has 2 aromatic carbocycles. The zero-order chi connectivity index (χ0) is 25.8. The van der Waals surface area contributed by atoms with E-state index in [-0.39, 0.29) is 0 Å². The van der Waals surface area contributed by atoms with Crippen molar-refractivity contribution in [1.29, 1.82) is 0 Å². The Balaban J connectivity index is 2.11. The van der Waals surface area contributed by atoms with Gasteiger partial charge in [0, 0.05) is 0 Å². The molecule has 0 saturated carbocycles. The first-order chi connectivity index (χ1) is 15.7. The van der Waals surface area contributed by atoms with E-state index in [1.165, 1.54) is 0 Å². The van der Waals surface area contributed by atoms with Gasteiger partial charge in [0.1, 0.15) is 0 Å². The van der Waals surface area contributed by atoms with Crippen molar-refractivity contribution in [3.63, 3.8) is 0 Å². The maximum Gasteiger partial charge on any atom is 0.256 e. The highest BCUT2D eigenvalue weighted by atomic mass is 19.2. The van der Waals surface area contributed by atoms with E-state index < -0.39 is 105 Å². The molecule has 0 heterocycles. The van der Waals surface area contributed by atoms with Gasteiger partial charge in [0.2, 0.25) is 87.5 Å². The summed E-state index contributed by atoms with van der Waals surface area (Å²) in [6.07, 6.45) is -3.78. The number of carbonyl (C=O) groups is 1. The summed E-state index contributed by atoms with van der Waals surface area (Å²) in [7, 11) is 0. The number of alkyl halides is 1. The molecule has 0 unspecified atom stereocenters. The van der Waals surface area contributed by atoms with Crippen molar-refractivity contribution in [1.82, 2.24) is 0 Å². The summed E-state index contributed by atoms with van der Waals surface area (Å²) in [4.78, 5) is 11.6. The van der Waals surface area contributed by atoms with Crippen LogP contribution in [0.3, 0.4) is 0 Å². The van der Waals surface area contributed by atoms with E-state index in [9.17, 15) is 61.9 Å². The summed E-state index contributed by atoms with van der Waals surface area (Å²) in [5.74, 6) is -44.8. The molecule has 34 heavy (non-hydrogen) atoms. The molecule has 0 bridgehead atoms. The van der Waals surface area contributed by atoms with Crippen molar-refractivity contribution in [2.45, 2.75) is 6.17 Å². The van der Waals surface area contributed by atoms with Crippen LogP contribution in [0.25, 0.3) is 0 Å². The second-order valence-corrected chi connectivity index (χ2v) is 6.05. The molecule has 0 fully saturated rings. The number of Topliss-reactive ketones (excluding diaryl/α,β-unsaturated/α-hetero) is 1. The lowest BCUT2D eigenvalue weighted by atomic mass is 10.1. The minimum atomic E-state index is -3.78. The SMILES string of the molecule is O=C1C(F)=C(Oc2c(F)c(F)c(F)c(F)c2F)C(F)C(Oc2c(F)c(F)c(F)c(F)c2F)=C1F. The molecule has 182 valence electrons. The van der Waals surface area contributed by atoms with Crippen molar-refractivity contribution in [2.75, 3.05) is 0 Å². The second kappa shape index (κ2) is 8.57. The molecule has 3 rings (SSSR count). The van der Waals surface area contributed by atoms with Gasteiger partial charge in [-0.15, -0.1) is 0 Å². The monoisotopic (exact) mass is 512 g/mol. The topological polar surface area (TPSA) is 35.5 Å². The summed E-state index contributed by atoms with van der Waals surface area (Å²) in [5.41, 5.74) is 0. The number of benzene rings is 2. The number of ether oxygens (including phenoxy) is 2. The van der Waals surface area contributed by atoms with E-state index in [2.05, 4.69) is 9.47 Å². The van der Waals surface area contributed by atoms with Crippen LogP contribution in [0.5, 0.6) is 11.5 Å². The fraction of sp³-hybridized carbons (Fsp3) is 0.0556. The lowest BCUT2D eigenvalue weighted by Crippen LogP contribution is -2.29. The summed E-state index contributed by atoms with van der Waals surface area (Å²) in [5, 5.41) is 0. The number of halogens is 13. The van der Waals surface area contributed by atoms with Gasteiger partial charge >= 0.3 is 0 Å². The highest BCUT2D eigenvalue weighted by molar-refractivity contribution is 6.07. The molecule has 1 aliphatic carbocycles. The number of carbonyl (C=O) groups excluding carboxylic acids is 1. The first-order valence-corrected chi connectivity index (χ1v) is 8.08. The highest BCUT2D eigenvalue weighted by Gasteiger charge is 2.43. The van der Waals surface area contributed by atoms with Gasteiger partial charge in [0.05, 0.1) is 0 Å². The molecule has 2 aromatic rings. The molecule has 0 aromatic heterocycles. The van der Waals surface area contributed by atoms with Gasteiger partial charge < -0.3 is 9.47 Å². The van der Waals surface area contributed by atoms with Gasteiger partial charge in [0.15, 0.2) is 11.5 Å². The lowest BCUT2D eigenvalue weighted by molar-refractivity contribution is -0.116. The maximum absolute atomic E-state index is 14.6. The number of hydrogen-bond acceptors (Lipinski definition) is 3. The Bertz CT molecular complexity index is 1160. The third-order valence-electron chi connectivity index (χ3n) is 4.05. The molecule has 0 aliphatic heterocycles. The molecule has 0 radical (unpaired) electrons. The van der Waals surface area contributed by atoms with Crippen molar-refractivity contribution < 1.29 is 71.3 Å². The van der Waals surface area contributed by atoms with Crippen LogP contribution in [0.1, 0.15) is 0 Å². The molecular formula is C18HF13O3. The number of rotatable bonds is 4. The van der Waals surface area contributed by atoms with Gasteiger partial charge in [-0.05, 0) is 0 Å². The van der Waals surface area contributed by atoms with Crippen molar-refractivity contribution in [2.24, 2.45) is 0 Å². The van der Waals surface area contributed by atoms with Gasteiger partial charge in [0.25, 0.3) is 5.78 Å². The number of ketones is 1. The van der Waals surface area contributed by atoms with E-state index in [4.69, 9.17) is 0 Å². The summed E-state index contributed by atoms with van der Waals surface area (Å²) < 4.78 is 185. The van der Waals surface area contributed by atoms with E-state index in [0.29, 0.717) is 0 Å². The average molecular weight is 512 g/mol. The van der Waals surface area contributed by atoms with Crippen LogP contribution >= 0.6 is 0 Å². The Labute approximate surface area is 177 Å². The summed E-state index contributed by atoms with van der Waals surface area (Å²) in [6, 6.07) is 0. The maximum atomic E-state index is 14.6. The highest BCUT2D eigenvalue weighted by Crippen LogP contribution is 2.39. The molecular weight excluding hydrogens is 511 g/mol. The Hall–Kier alpha value is -3.72. The van der Waals surface area contributed by atoms with Crippen LogP contribution in [0.15, 0.2) is 23.2 Å². The van der Waals surface area contributed by atoms with E-state index in [1.807, 2.05) is 0 Å². The van der Waals surface area contributed by atoms with Crippen LogP contribution in [-0.4, -0.2) is 12.0 Å². The normalized spacial score (nSPS) is 14.9. The van der Waals surface area contributed by atoms with E-state index in [0.717, 1.165) is 0 Å². The predicted octanol–water partition coefficient (Wildman–Crippen LogP) is 5.82. The minimum Gasteiger partial charge on any atom is -0.448 e. The number of hydrogen-bond donors (Lipinski definition) is 0. The van der Waals surface area contributed by atoms with Crippen molar-refractivity contribution in [3.05, 3.63) is 81.3 Å². The zero-order valence-corrected chi connectivity index (χ0v) is 15.2. The predicted molar refractivity (Wildman–Crippen MR) is 79.9 cm³/mol. The fourth-order valence-electron chi connectivity index (χ4n) is 2.42. The van der Waals surface area contributed by atoms with E-state index in [1.54, 1.807) is 0 Å². The first-order valence-electron chi connectivity index (χ1n) is 8.08. The second-order valence-electron chi connectivity index (χ2n) is 6.05. The van der Waals surface area contributed by atoms with Crippen molar-refractivity contribution >= 4 is 5.78 Å². The lowest BCUT2D eigenvalue weighted by Gasteiger charge is -2.22. The van der Waals surface area contributed by atoms with Crippen LogP contribution in [0, 0.1) is 58.2 Å². The third-order valence-corrected chi connectivity index (χ3v) is 4.05. The average Bonchev–Trinajstić information content (AvgIpc) is 2.81. The van der Waals surface area contributed by atoms with Crippen LogP contribution in [0.2, 0.25) is 0 Å². The molecule has 0 amide bonds. The molecule has 0 N–H and O–H groups in total. The number of allylic oxidation sites excluding steroid dienone is 2. The Morgan fingerprint density at radius 2 is 0.676 bits per heavy atom. The summed E-state index contributed by atoms with van der Waals surface area (Å²) >= 11 is 0. The van der Waals surface area contributed by atoms with Gasteiger partial charge in [-0.3, -0.25) is 4.79 Å². The minimum absolute atomic E-state index is 2.34. The largest absolute Gasteiger partial charge is 0.448 e. The van der Waals surface area contributed by atoms with Crippen molar-refractivity contribution in [3.8, 4) is 11.5 Å². The van der Waals surface area contributed by atoms with Crippen LogP contribution in [-0.2, 0) is 4.79 Å². The molecule has 3 nitrogen and oxygen atoms in total. The van der Waals surface area contributed by atoms with Crippen LogP contribution in [0.4, 0.5) is 57.1 Å². The Kier molecular flexibility index (Phi) is 6.28. The Morgan fingerprint density at radius 1 is 0.441 bits per heavy atom. The van der Waals surface area contributed by atoms with Crippen LogP contribution < -0.4 is 9.47 Å².